The summed E-state index contributed by atoms with van der Waals surface area (Å²) in [7, 11) is 3.23. The van der Waals surface area contributed by atoms with Gasteiger partial charge in [-0.2, -0.15) is 0 Å². The molecule has 7 nitrogen and oxygen atoms in total. The van der Waals surface area contributed by atoms with Crippen molar-refractivity contribution in [2.24, 2.45) is 0 Å². The number of hydrogen-bond donors (Lipinski definition) is 0. The monoisotopic (exact) mass is 519 g/mol. The fourth-order valence-electron chi connectivity index (χ4n) is 3.92. The van der Waals surface area contributed by atoms with Crippen LogP contribution in [-0.2, 0) is 9.53 Å². The maximum absolute atomic E-state index is 13.4. The van der Waals surface area contributed by atoms with Gasteiger partial charge in [-0.05, 0) is 42.8 Å². The SMILES string of the molecule is COc1ccc(OC)c2sc(N(CCCN3CCOCC3)C(=O)CCSc3ccc(F)cc3)nc12. The Kier molecular flexibility index (Phi) is 9.19. The Morgan fingerprint density at radius 3 is 2.57 bits per heavy atom. The third-order valence-electron chi connectivity index (χ3n) is 5.79. The summed E-state index contributed by atoms with van der Waals surface area (Å²) in [5.74, 6) is 1.70. The summed E-state index contributed by atoms with van der Waals surface area (Å²) < 4.78 is 30.5. The van der Waals surface area contributed by atoms with Gasteiger partial charge in [0.15, 0.2) is 5.13 Å². The minimum Gasteiger partial charge on any atom is -0.495 e. The number of carbonyl (C=O) groups is 1. The molecule has 3 aromatic rings. The van der Waals surface area contributed by atoms with E-state index in [9.17, 15) is 9.18 Å². The van der Waals surface area contributed by atoms with Crippen molar-refractivity contribution in [1.29, 1.82) is 0 Å². The van der Waals surface area contributed by atoms with Crippen LogP contribution in [0.4, 0.5) is 9.52 Å². The van der Waals surface area contributed by atoms with Crippen LogP contribution >= 0.6 is 23.1 Å². The van der Waals surface area contributed by atoms with Crippen LogP contribution in [0.25, 0.3) is 10.2 Å². The summed E-state index contributed by atoms with van der Waals surface area (Å²) in [5.41, 5.74) is 0.693. The van der Waals surface area contributed by atoms with Crippen LogP contribution in [0.1, 0.15) is 12.8 Å². The Bertz CT molecular complexity index is 1080. The molecule has 35 heavy (non-hydrogen) atoms. The molecule has 0 spiro atoms. The molecule has 2 heterocycles. The van der Waals surface area contributed by atoms with Gasteiger partial charge in [0.25, 0.3) is 0 Å². The number of hydrogen-bond acceptors (Lipinski definition) is 8. The van der Waals surface area contributed by atoms with Gasteiger partial charge in [0.1, 0.15) is 27.5 Å². The molecule has 0 bridgehead atoms. The van der Waals surface area contributed by atoms with E-state index in [-0.39, 0.29) is 11.7 Å². The van der Waals surface area contributed by atoms with E-state index in [1.165, 1.54) is 23.5 Å². The Morgan fingerprint density at radius 2 is 1.86 bits per heavy atom. The highest BCUT2D eigenvalue weighted by Crippen LogP contribution is 2.40. The van der Waals surface area contributed by atoms with E-state index in [2.05, 4.69) is 4.90 Å². The van der Waals surface area contributed by atoms with Crippen molar-refractivity contribution in [3.05, 3.63) is 42.2 Å². The van der Waals surface area contributed by atoms with Gasteiger partial charge in [-0.3, -0.25) is 14.6 Å². The van der Waals surface area contributed by atoms with Gasteiger partial charge < -0.3 is 14.2 Å². The summed E-state index contributed by atoms with van der Waals surface area (Å²) in [6.07, 6.45) is 1.19. The second-order valence-corrected chi connectivity index (χ2v) is 10.2. The molecule has 0 atom stereocenters. The van der Waals surface area contributed by atoms with Crippen LogP contribution in [0.2, 0.25) is 0 Å². The minimum absolute atomic E-state index is 0.0126. The number of amides is 1. The van der Waals surface area contributed by atoms with E-state index in [1.54, 1.807) is 43.0 Å². The number of halogens is 1. The van der Waals surface area contributed by atoms with Crippen molar-refractivity contribution in [2.45, 2.75) is 17.7 Å². The highest BCUT2D eigenvalue weighted by atomic mass is 32.2. The number of ether oxygens (including phenoxy) is 3. The fraction of sp³-hybridized carbons (Fsp3) is 0.440. The zero-order chi connectivity index (χ0) is 24.6. The predicted octanol–water partition coefficient (Wildman–Crippen LogP) is 4.69. The van der Waals surface area contributed by atoms with Crippen LogP contribution in [0, 0.1) is 5.82 Å². The standard InChI is InChI=1S/C25H30FN3O4S2/c1-31-20-8-9-21(32-2)24-23(20)27-25(35-24)29(12-3-11-28-13-15-33-16-14-28)22(30)10-17-34-19-6-4-18(26)5-7-19/h4-9H,3,10-17H2,1-2H3. The molecule has 1 aliphatic heterocycles. The molecule has 188 valence electrons. The van der Waals surface area contributed by atoms with Gasteiger partial charge in [-0.15, -0.1) is 11.8 Å². The van der Waals surface area contributed by atoms with Crippen molar-refractivity contribution in [3.8, 4) is 11.5 Å². The molecule has 2 aromatic carbocycles. The molecule has 1 saturated heterocycles. The van der Waals surface area contributed by atoms with Crippen molar-refractivity contribution < 1.29 is 23.4 Å². The number of thioether (sulfide) groups is 1. The van der Waals surface area contributed by atoms with Crippen molar-refractivity contribution in [1.82, 2.24) is 9.88 Å². The molecule has 0 unspecified atom stereocenters. The Hall–Kier alpha value is -2.40. The summed E-state index contributed by atoms with van der Waals surface area (Å²) in [4.78, 5) is 23.3. The lowest BCUT2D eigenvalue weighted by molar-refractivity contribution is -0.118. The van der Waals surface area contributed by atoms with Crippen LogP contribution in [0.5, 0.6) is 11.5 Å². The number of methoxy groups -OCH3 is 2. The van der Waals surface area contributed by atoms with Gasteiger partial charge in [0, 0.05) is 43.2 Å². The zero-order valence-corrected chi connectivity index (χ0v) is 21.6. The molecule has 0 N–H and O–H groups in total. The van der Waals surface area contributed by atoms with Crippen molar-refractivity contribution in [3.63, 3.8) is 0 Å². The number of fused-ring (bicyclic) bond motifs is 1. The Morgan fingerprint density at radius 1 is 1.14 bits per heavy atom. The summed E-state index contributed by atoms with van der Waals surface area (Å²) >= 11 is 2.98. The van der Waals surface area contributed by atoms with Crippen molar-refractivity contribution in [2.75, 3.05) is 64.3 Å². The lowest BCUT2D eigenvalue weighted by atomic mass is 10.3. The van der Waals surface area contributed by atoms with Gasteiger partial charge >= 0.3 is 0 Å². The van der Waals surface area contributed by atoms with E-state index in [4.69, 9.17) is 19.2 Å². The molecule has 0 radical (unpaired) electrons. The molecule has 1 amide bonds. The molecule has 4 rings (SSSR count). The summed E-state index contributed by atoms with van der Waals surface area (Å²) in [6, 6.07) is 10.0. The first kappa shape index (κ1) is 25.7. The third-order valence-corrected chi connectivity index (χ3v) is 7.90. The smallest absolute Gasteiger partial charge is 0.229 e. The number of anilines is 1. The number of nitrogens with zero attached hydrogens (tertiary/aromatic N) is 3. The van der Waals surface area contributed by atoms with Crippen molar-refractivity contribution >= 4 is 44.4 Å². The molecule has 0 saturated carbocycles. The molecular weight excluding hydrogens is 489 g/mol. The summed E-state index contributed by atoms with van der Waals surface area (Å²) in [5, 5.41) is 0.640. The Labute approximate surface area is 213 Å². The highest BCUT2D eigenvalue weighted by Gasteiger charge is 2.23. The van der Waals surface area contributed by atoms with Gasteiger partial charge in [-0.1, -0.05) is 11.3 Å². The molecule has 1 fully saturated rings. The zero-order valence-electron chi connectivity index (χ0n) is 20.0. The molecule has 1 aromatic heterocycles. The molecular formula is C25H30FN3O4S2. The number of benzene rings is 2. The van der Waals surface area contributed by atoms with Gasteiger partial charge in [0.05, 0.1) is 27.4 Å². The molecule has 10 heteroatoms. The topological polar surface area (TPSA) is 64.1 Å². The quantitative estimate of drug-likeness (QED) is 0.341. The average molecular weight is 520 g/mol. The first-order valence-corrected chi connectivity index (χ1v) is 13.4. The first-order valence-electron chi connectivity index (χ1n) is 11.6. The lowest BCUT2D eigenvalue weighted by Gasteiger charge is -2.27. The first-order chi connectivity index (χ1) is 17.1. The largest absolute Gasteiger partial charge is 0.495 e. The van der Waals surface area contributed by atoms with E-state index in [0.29, 0.717) is 40.9 Å². The number of rotatable bonds is 11. The number of thiazole rings is 1. The van der Waals surface area contributed by atoms with Crippen LogP contribution < -0.4 is 14.4 Å². The third kappa shape index (κ3) is 6.63. The number of morpholine rings is 1. The van der Waals surface area contributed by atoms with Crippen LogP contribution in [-0.4, -0.2) is 75.2 Å². The second-order valence-electron chi connectivity index (χ2n) is 8.05. The normalized spacial score (nSPS) is 14.3. The van der Waals surface area contributed by atoms with Crippen LogP contribution in [0.3, 0.4) is 0 Å². The predicted molar refractivity (Wildman–Crippen MR) is 139 cm³/mol. The van der Waals surface area contributed by atoms with E-state index in [0.717, 1.165) is 48.9 Å². The van der Waals surface area contributed by atoms with Gasteiger partial charge in [-0.25, -0.2) is 9.37 Å². The maximum atomic E-state index is 13.4. The second kappa shape index (κ2) is 12.5. The summed E-state index contributed by atoms with van der Waals surface area (Å²) in [6.45, 7) is 4.80. The minimum atomic E-state index is -0.265. The number of carbonyl (C=O) groups excluding carboxylic acids is 1. The van der Waals surface area contributed by atoms with E-state index >= 15 is 0 Å². The van der Waals surface area contributed by atoms with E-state index in [1.807, 2.05) is 12.1 Å². The molecule has 1 aliphatic rings. The lowest BCUT2D eigenvalue weighted by Crippen LogP contribution is -2.39. The van der Waals surface area contributed by atoms with Crippen LogP contribution in [0.15, 0.2) is 41.3 Å². The highest BCUT2D eigenvalue weighted by molar-refractivity contribution is 7.99. The Balaban J connectivity index is 1.49. The molecule has 0 aliphatic carbocycles. The van der Waals surface area contributed by atoms with Gasteiger partial charge in [0.2, 0.25) is 5.91 Å². The fourth-order valence-corrected chi connectivity index (χ4v) is 5.87. The van der Waals surface area contributed by atoms with E-state index < -0.39 is 0 Å². The maximum Gasteiger partial charge on any atom is 0.229 e. The number of aromatic nitrogens is 1. The average Bonchev–Trinajstić information content (AvgIpc) is 3.33.